The van der Waals surface area contributed by atoms with E-state index in [0.717, 1.165) is 0 Å². The van der Waals surface area contributed by atoms with Crippen molar-refractivity contribution in [2.75, 3.05) is 0 Å². The fraction of sp³-hybridized carbons (Fsp3) is 0.250. The molecule has 0 aliphatic carbocycles. The highest BCUT2D eigenvalue weighted by atomic mass is 32.2. The smallest absolute Gasteiger partial charge is 0.269 e. The molecule has 0 aliphatic heterocycles. The normalized spacial score (nSPS) is 11.8. The van der Waals surface area contributed by atoms with Crippen LogP contribution in [-0.2, 0) is 29.9 Å². The first-order valence-corrected chi connectivity index (χ1v) is 9.60. The molecular formula is C16H18N6O4S. The number of imidazole rings is 2. The number of non-ortho nitro benzene ring substituents is 1. The van der Waals surface area contributed by atoms with Crippen molar-refractivity contribution in [1.82, 2.24) is 23.8 Å². The summed E-state index contributed by atoms with van der Waals surface area (Å²) in [6.07, 6.45) is 6.59. The number of rotatable bonds is 7. The molecule has 1 N–H and O–H groups in total. The van der Waals surface area contributed by atoms with Gasteiger partial charge < -0.3 is 9.13 Å². The summed E-state index contributed by atoms with van der Waals surface area (Å²) in [5.74, 6) is 0.671. The van der Waals surface area contributed by atoms with Crippen LogP contribution in [0, 0.1) is 10.1 Å². The van der Waals surface area contributed by atoms with Gasteiger partial charge in [0, 0.05) is 51.0 Å². The Balaban J connectivity index is 1.87. The third-order valence-corrected chi connectivity index (χ3v) is 5.34. The minimum absolute atomic E-state index is 0.0944. The third kappa shape index (κ3) is 4.20. The van der Waals surface area contributed by atoms with E-state index in [4.69, 9.17) is 0 Å². The zero-order chi connectivity index (χ0) is 19.6. The summed E-state index contributed by atoms with van der Waals surface area (Å²) in [4.78, 5) is 18.7. The van der Waals surface area contributed by atoms with Crippen molar-refractivity contribution in [3.63, 3.8) is 0 Å². The molecule has 3 aromatic rings. The van der Waals surface area contributed by atoms with Crippen molar-refractivity contribution in [2.24, 2.45) is 14.1 Å². The van der Waals surface area contributed by atoms with Gasteiger partial charge in [-0.3, -0.25) is 10.1 Å². The van der Waals surface area contributed by atoms with Gasteiger partial charge in [-0.15, -0.1) is 0 Å². The summed E-state index contributed by atoms with van der Waals surface area (Å²) < 4.78 is 31.5. The molecule has 0 atom stereocenters. The van der Waals surface area contributed by atoms with E-state index in [1.54, 1.807) is 48.0 Å². The van der Waals surface area contributed by atoms with Gasteiger partial charge in [0.25, 0.3) is 5.69 Å². The number of sulfonamides is 1. The Morgan fingerprint density at radius 3 is 2.00 bits per heavy atom. The van der Waals surface area contributed by atoms with E-state index in [1.165, 1.54) is 24.3 Å². The first-order valence-electron chi connectivity index (χ1n) is 7.94. The van der Waals surface area contributed by atoms with Crippen LogP contribution in [0.25, 0.3) is 0 Å². The second-order valence-corrected chi connectivity index (χ2v) is 7.78. The standard InChI is InChI=1S/C16H18N6O4S/c1-20-9-7-17-15(20)14(16-18-8-10-21(16)2)19-27(25,26)11-12-3-5-13(6-4-12)22(23)24/h3-10,14,19H,11H2,1-2H3. The average molecular weight is 390 g/mol. The van der Waals surface area contributed by atoms with E-state index >= 15 is 0 Å². The highest BCUT2D eigenvalue weighted by molar-refractivity contribution is 7.88. The Hall–Kier alpha value is -3.05. The minimum atomic E-state index is -3.78. The Morgan fingerprint density at radius 1 is 1.07 bits per heavy atom. The number of aromatic nitrogens is 4. The lowest BCUT2D eigenvalue weighted by Gasteiger charge is -2.18. The molecular weight excluding hydrogens is 372 g/mol. The number of benzene rings is 1. The molecule has 0 bridgehead atoms. The molecule has 0 saturated carbocycles. The first kappa shape index (κ1) is 18.7. The van der Waals surface area contributed by atoms with Crippen molar-refractivity contribution >= 4 is 15.7 Å². The van der Waals surface area contributed by atoms with Crippen LogP contribution in [0.2, 0.25) is 0 Å². The van der Waals surface area contributed by atoms with Gasteiger partial charge in [-0.2, -0.15) is 4.72 Å². The first-order chi connectivity index (χ1) is 12.8. The quantitative estimate of drug-likeness (QED) is 0.478. The van der Waals surface area contributed by atoms with E-state index in [0.29, 0.717) is 17.2 Å². The number of nitro groups is 1. The molecule has 10 nitrogen and oxygen atoms in total. The number of nitrogens with one attached hydrogen (secondary N) is 1. The maximum absolute atomic E-state index is 12.7. The molecule has 0 aliphatic rings. The van der Waals surface area contributed by atoms with Gasteiger partial charge in [0.05, 0.1) is 10.7 Å². The molecule has 0 fully saturated rings. The summed E-state index contributed by atoms with van der Waals surface area (Å²) in [5.41, 5.74) is 0.342. The summed E-state index contributed by atoms with van der Waals surface area (Å²) in [5, 5.41) is 10.7. The highest BCUT2D eigenvalue weighted by Crippen LogP contribution is 2.21. The zero-order valence-corrected chi connectivity index (χ0v) is 15.5. The number of nitrogens with zero attached hydrogens (tertiary/aromatic N) is 5. The molecule has 0 unspecified atom stereocenters. The van der Waals surface area contributed by atoms with Crippen LogP contribution in [0.3, 0.4) is 0 Å². The van der Waals surface area contributed by atoms with Crippen molar-refractivity contribution in [1.29, 1.82) is 0 Å². The van der Waals surface area contributed by atoms with E-state index < -0.39 is 21.0 Å². The van der Waals surface area contributed by atoms with Crippen molar-refractivity contribution in [2.45, 2.75) is 11.8 Å². The maximum Gasteiger partial charge on any atom is 0.269 e. The average Bonchev–Trinajstić information content (AvgIpc) is 3.21. The molecule has 0 amide bonds. The van der Waals surface area contributed by atoms with Crippen LogP contribution in [0.5, 0.6) is 0 Å². The van der Waals surface area contributed by atoms with Crippen LogP contribution in [0.1, 0.15) is 23.3 Å². The number of nitro benzene ring substituents is 1. The Bertz CT molecular complexity index is 1010. The zero-order valence-electron chi connectivity index (χ0n) is 14.7. The lowest BCUT2D eigenvalue weighted by atomic mass is 10.2. The monoisotopic (exact) mass is 390 g/mol. The molecule has 0 spiro atoms. The highest BCUT2D eigenvalue weighted by Gasteiger charge is 2.27. The van der Waals surface area contributed by atoms with E-state index in [1.807, 2.05) is 0 Å². The summed E-state index contributed by atoms with van der Waals surface area (Å²) in [7, 11) is -0.246. The summed E-state index contributed by atoms with van der Waals surface area (Å²) >= 11 is 0. The number of hydrogen-bond donors (Lipinski definition) is 1. The fourth-order valence-electron chi connectivity index (χ4n) is 2.69. The molecule has 142 valence electrons. The van der Waals surface area contributed by atoms with Gasteiger partial charge in [-0.05, 0) is 5.56 Å². The molecule has 27 heavy (non-hydrogen) atoms. The minimum Gasteiger partial charge on any atom is -0.336 e. The Labute approximate surface area is 155 Å². The Kier molecular flexibility index (Phi) is 5.06. The van der Waals surface area contributed by atoms with Gasteiger partial charge in [0.2, 0.25) is 10.0 Å². The fourth-order valence-corrected chi connectivity index (χ4v) is 3.97. The van der Waals surface area contributed by atoms with Gasteiger partial charge in [0.15, 0.2) is 0 Å². The largest absolute Gasteiger partial charge is 0.336 e. The molecule has 3 rings (SSSR count). The molecule has 0 radical (unpaired) electrons. The third-order valence-electron chi connectivity index (χ3n) is 4.03. The van der Waals surface area contributed by atoms with Crippen LogP contribution >= 0.6 is 0 Å². The summed E-state index contributed by atoms with van der Waals surface area (Å²) in [6, 6.07) is 4.63. The predicted molar refractivity (Wildman–Crippen MR) is 97.1 cm³/mol. The lowest BCUT2D eigenvalue weighted by molar-refractivity contribution is -0.384. The molecule has 2 heterocycles. The summed E-state index contributed by atoms with van der Waals surface area (Å²) in [6.45, 7) is 0. The SMILES string of the molecule is Cn1ccnc1C(NS(=O)(=O)Cc1ccc([N+](=O)[O-])cc1)c1nccn1C. The van der Waals surface area contributed by atoms with E-state index in [2.05, 4.69) is 14.7 Å². The molecule has 1 aromatic carbocycles. The second kappa shape index (κ2) is 7.29. The van der Waals surface area contributed by atoms with Crippen LogP contribution in [-0.4, -0.2) is 32.4 Å². The molecule has 0 saturated heterocycles. The predicted octanol–water partition coefficient (Wildman–Crippen LogP) is 1.27. The van der Waals surface area contributed by atoms with E-state index in [-0.39, 0.29) is 11.4 Å². The number of aryl methyl sites for hydroxylation is 2. The molecule has 11 heteroatoms. The number of hydrogen-bond acceptors (Lipinski definition) is 6. The van der Waals surface area contributed by atoms with Crippen molar-refractivity contribution in [3.8, 4) is 0 Å². The maximum atomic E-state index is 12.7. The van der Waals surface area contributed by atoms with Crippen LogP contribution in [0.15, 0.2) is 49.1 Å². The van der Waals surface area contributed by atoms with Crippen molar-refractivity contribution < 1.29 is 13.3 Å². The van der Waals surface area contributed by atoms with Crippen LogP contribution < -0.4 is 4.72 Å². The molecule has 2 aromatic heterocycles. The topological polar surface area (TPSA) is 125 Å². The van der Waals surface area contributed by atoms with Gasteiger partial charge in [0.1, 0.15) is 17.7 Å². The Morgan fingerprint density at radius 2 is 1.59 bits per heavy atom. The van der Waals surface area contributed by atoms with Crippen LogP contribution in [0.4, 0.5) is 5.69 Å². The van der Waals surface area contributed by atoms with Gasteiger partial charge >= 0.3 is 0 Å². The van der Waals surface area contributed by atoms with E-state index in [9.17, 15) is 18.5 Å². The lowest BCUT2D eigenvalue weighted by Crippen LogP contribution is -2.33. The van der Waals surface area contributed by atoms with Gasteiger partial charge in [-0.25, -0.2) is 18.4 Å². The second-order valence-electron chi connectivity index (χ2n) is 6.03. The van der Waals surface area contributed by atoms with Crippen molar-refractivity contribution in [3.05, 3.63) is 76.4 Å². The van der Waals surface area contributed by atoms with Gasteiger partial charge in [-0.1, -0.05) is 12.1 Å².